The molecule has 0 bridgehead atoms. The molecule has 58 valence electrons. The number of fused-ring (bicyclic) bond motifs is 1. The molecular formula is C9H7N3. The van der Waals surface area contributed by atoms with Gasteiger partial charge in [-0.3, -0.25) is 5.10 Å². The fraction of sp³-hybridized carbons (Fsp3) is 0.111. The highest BCUT2D eigenvalue weighted by Crippen LogP contribution is 2.15. The second-order valence-electron chi connectivity index (χ2n) is 2.68. The van der Waals surface area contributed by atoms with E-state index in [4.69, 9.17) is 5.26 Å². The lowest BCUT2D eigenvalue weighted by Crippen LogP contribution is -1.74. The van der Waals surface area contributed by atoms with Gasteiger partial charge in [0, 0.05) is 5.39 Å². The summed E-state index contributed by atoms with van der Waals surface area (Å²) in [5.74, 6) is 0. The van der Waals surface area contributed by atoms with E-state index in [2.05, 4.69) is 16.3 Å². The molecule has 3 nitrogen and oxygen atoms in total. The van der Waals surface area contributed by atoms with Crippen molar-refractivity contribution in [1.82, 2.24) is 10.2 Å². The second-order valence-corrected chi connectivity index (χ2v) is 2.68. The number of H-pyrrole nitrogens is 1. The van der Waals surface area contributed by atoms with Gasteiger partial charge in [0.15, 0.2) is 0 Å². The fourth-order valence-corrected chi connectivity index (χ4v) is 1.21. The highest BCUT2D eigenvalue weighted by molar-refractivity contribution is 5.82. The van der Waals surface area contributed by atoms with Gasteiger partial charge in [-0.05, 0) is 25.1 Å². The third-order valence-corrected chi connectivity index (χ3v) is 1.88. The van der Waals surface area contributed by atoms with Crippen molar-refractivity contribution in [1.29, 1.82) is 5.26 Å². The van der Waals surface area contributed by atoms with Crippen LogP contribution >= 0.6 is 0 Å². The number of aromatic amines is 1. The highest BCUT2D eigenvalue weighted by Gasteiger charge is 2.00. The average molecular weight is 157 g/mol. The van der Waals surface area contributed by atoms with Crippen LogP contribution in [-0.2, 0) is 0 Å². The number of nitrogens with zero attached hydrogens (tertiary/aromatic N) is 2. The first-order valence-electron chi connectivity index (χ1n) is 3.66. The predicted molar refractivity (Wildman–Crippen MR) is 45.5 cm³/mol. The van der Waals surface area contributed by atoms with Crippen LogP contribution < -0.4 is 0 Å². The van der Waals surface area contributed by atoms with Crippen LogP contribution in [0.4, 0.5) is 0 Å². The van der Waals surface area contributed by atoms with Crippen molar-refractivity contribution >= 4 is 10.9 Å². The smallest absolute Gasteiger partial charge is 0.0991 e. The van der Waals surface area contributed by atoms with Crippen LogP contribution in [0.5, 0.6) is 0 Å². The van der Waals surface area contributed by atoms with Gasteiger partial charge in [0.05, 0.1) is 22.8 Å². The Kier molecular flexibility index (Phi) is 1.34. The molecule has 1 aromatic carbocycles. The van der Waals surface area contributed by atoms with Gasteiger partial charge in [-0.25, -0.2) is 0 Å². The Hall–Kier alpha value is -1.82. The Labute approximate surface area is 69.6 Å². The van der Waals surface area contributed by atoms with Crippen LogP contribution in [0.25, 0.3) is 10.9 Å². The monoisotopic (exact) mass is 157 g/mol. The zero-order valence-corrected chi connectivity index (χ0v) is 6.63. The summed E-state index contributed by atoms with van der Waals surface area (Å²) >= 11 is 0. The van der Waals surface area contributed by atoms with Gasteiger partial charge in [-0.15, -0.1) is 0 Å². The first-order chi connectivity index (χ1) is 5.81. The summed E-state index contributed by atoms with van der Waals surface area (Å²) in [5.41, 5.74) is 2.58. The van der Waals surface area contributed by atoms with E-state index >= 15 is 0 Å². The van der Waals surface area contributed by atoms with Crippen LogP contribution in [0.3, 0.4) is 0 Å². The van der Waals surface area contributed by atoms with Crippen molar-refractivity contribution < 1.29 is 0 Å². The largest absolute Gasteiger partial charge is 0.278 e. The van der Waals surface area contributed by atoms with Gasteiger partial charge in [-0.2, -0.15) is 10.4 Å². The molecule has 3 heteroatoms. The van der Waals surface area contributed by atoms with Crippen LogP contribution in [-0.4, -0.2) is 10.2 Å². The summed E-state index contributed by atoms with van der Waals surface area (Å²) in [7, 11) is 0. The number of hydrogen-bond acceptors (Lipinski definition) is 2. The van der Waals surface area contributed by atoms with Crippen molar-refractivity contribution in [3.05, 3.63) is 29.5 Å². The maximum absolute atomic E-state index is 8.64. The van der Waals surface area contributed by atoms with Crippen LogP contribution in [0, 0.1) is 18.3 Å². The van der Waals surface area contributed by atoms with E-state index < -0.39 is 0 Å². The summed E-state index contributed by atoms with van der Waals surface area (Å²) < 4.78 is 0. The molecule has 2 rings (SSSR count). The summed E-state index contributed by atoms with van der Waals surface area (Å²) in [5, 5.41) is 16.6. The summed E-state index contributed by atoms with van der Waals surface area (Å²) in [4.78, 5) is 0. The molecule has 0 aliphatic rings. The number of hydrogen-bond donors (Lipinski definition) is 1. The summed E-state index contributed by atoms with van der Waals surface area (Å²) in [6.45, 7) is 1.92. The minimum atomic E-state index is 0.673. The van der Waals surface area contributed by atoms with Crippen LogP contribution in [0.2, 0.25) is 0 Å². The van der Waals surface area contributed by atoms with E-state index in [0.29, 0.717) is 5.56 Å². The maximum Gasteiger partial charge on any atom is 0.0991 e. The molecule has 1 heterocycles. The molecule has 2 aromatic rings. The van der Waals surface area contributed by atoms with Crippen molar-refractivity contribution in [2.24, 2.45) is 0 Å². The third kappa shape index (κ3) is 0.857. The van der Waals surface area contributed by atoms with Crippen LogP contribution in [0.15, 0.2) is 18.2 Å². The third-order valence-electron chi connectivity index (χ3n) is 1.88. The van der Waals surface area contributed by atoms with E-state index in [9.17, 15) is 0 Å². The fourth-order valence-electron chi connectivity index (χ4n) is 1.21. The van der Waals surface area contributed by atoms with E-state index in [-0.39, 0.29) is 0 Å². The van der Waals surface area contributed by atoms with Gasteiger partial charge < -0.3 is 0 Å². The predicted octanol–water partition coefficient (Wildman–Crippen LogP) is 1.74. The van der Waals surface area contributed by atoms with Crippen LogP contribution in [0.1, 0.15) is 11.3 Å². The molecular weight excluding hydrogens is 150 g/mol. The molecule has 0 aliphatic heterocycles. The lowest BCUT2D eigenvalue weighted by molar-refractivity contribution is 1.07. The molecule has 0 fully saturated rings. The zero-order valence-electron chi connectivity index (χ0n) is 6.63. The standard InChI is InChI=1S/C9H7N3/c1-6-8-4-7(5-10)2-3-9(8)12-11-6/h2-4H,1H3,(H,11,12). The van der Waals surface area contributed by atoms with Crippen molar-refractivity contribution in [3.63, 3.8) is 0 Å². The van der Waals surface area contributed by atoms with Crippen molar-refractivity contribution in [2.45, 2.75) is 6.92 Å². The molecule has 1 aromatic heterocycles. The second kappa shape index (κ2) is 2.35. The number of nitriles is 1. The Morgan fingerprint density at radius 2 is 2.33 bits per heavy atom. The quantitative estimate of drug-likeness (QED) is 0.633. The average Bonchev–Trinajstić information content (AvgIpc) is 2.47. The number of aromatic nitrogens is 2. The molecule has 0 aliphatic carbocycles. The Morgan fingerprint density at radius 1 is 1.50 bits per heavy atom. The van der Waals surface area contributed by atoms with Gasteiger partial charge in [-0.1, -0.05) is 0 Å². The van der Waals surface area contributed by atoms with Gasteiger partial charge >= 0.3 is 0 Å². The lowest BCUT2D eigenvalue weighted by Gasteiger charge is -1.89. The number of rotatable bonds is 0. The molecule has 0 spiro atoms. The number of benzene rings is 1. The molecule has 0 radical (unpaired) electrons. The van der Waals surface area contributed by atoms with E-state index in [1.54, 1.807) is 6.07 Å². The lowest BCUT2D eigenvalue weighted by atomic mass is 10.1. The normalized spacial score (nSPS) is 10.0. The molecule has 0 atom stereocenters. The van der Waals surface area contributed by atoms with E-state index in [1.807, 2.05) is 19.1 Å². The topological polar surface area (TPSA) is 52.5 Å². The van der Waals surface area contributed by atoms with Gasteiger partial charge in [0.25, 0.3) is 0 Å². The molecule has 0 saturated carbocycles. The Bertz CT molecular complexity index is 462. The maximum atomic E-state index is 8.64. The van der Waals surface area contributed by atoms with Gasteiger partial charge in [0.2, 0.25) is 0 Å². The van der Waals surface area contributed by atoms with Crippen molar-refractivity contribution in [2.75, 3.05) is 0 Å². The molecule has 1 N–H and O–H groups in total. The first-order valence-corrected chi connectivity index (χ1v) is 3.66. The summed E-state index contributed by atoms with van der Waals surface area (Å²) in [6, 6.07) is 7.58. The minimum Gasteiger partial charge on any atom is -0.278 e. The van der Waals surface area contributed by atoms with Gasteiger partial charge in [0.1, 0.15) is 0 Å². The van der Waals surface area contributed by atoms with E-state index in [0.717, 1.165) is 16.6 Å². The Balaban J connectivity index is 2.82. The minimum absolute atomic E-state index is 0.673. The highest BCUT2D eigenvalue weighted by atomic mass is 15.1. The molecule has 12 heavy (non-hydrogen) atoms. The number of nitrogens with one attached hydrogen (secondary N) is 1. The SMILES string of the molecule is Cc1n[nH]c2ccc(C#N)cc12. The Morgan fingerprint density at radius 3 is 3.08 bits per heavy atom. The molecule has 0 unspecified atom stereocenters. The van der Waals surface area contributed by atoms with E-state index in [1.165, 1.54) is 0 Å². The summed E-state index contributed by atoms with van der Waals surface area (Å²) in [6.07, 6.45) is 0. The molecule has 0 saturated heterocycles. The zero-order chi connectivity index (χ0) is 8.55. The van der Waals surface area contributed by atoms with Crippen molar-refractivity contribution in [3.8, 4) is 6.07 Å². The molecule has 0 amide bonds. The number of aryl methyl sites for hydroxylation is 1. The first kappa shape index (κ1) is 6.86.